The molecule has 1 unspecified atom stereocenters. The van der Waals surface area contributed by atoms with Crippen molar-refractivity contribution in [2.24, 2.45) is 0 Å². The summed E-state index contributed by atoms with van der Waals surface area (Å²) in [7, 11) is 0. The Bertz CT molecular complexity index is 903. The fourth-order valence-electron chi connectivity index (χ4n) is 2.35. The summed E-state index contributed by atoms with van der Waals surface area (Å²) < 4.78 is 27.0. The smallest absolute Gasteiger partial charge is 0.272 e. The molecule has 1 aromatic heterocycles. The van der Waals surface area contributed by atoms with Crippen LogP contribution in [0.25, 0.3) is 10.2 Å². The third kappa shape index (κ3) is 3.05. The second kappa shape index (κ2) is 6.12. The van der Waals surface area contributed by atoms with Gasteiger partial charge < -0.3 is 5.32 Å². The van der Waals surface area contributed by atoms with Crippen molar-refractivity contribution in [2.45, 2.75) is 19.9 Å². The van der Waals surface area contributed by atoms with E-state index in [-0.39, 0.29) is 11.7 Å². The lowest BCUT2D eigenvalue weighted by Crippen LogP contribution is -2.07. The van der Waals surface area contributed by atoms with Crippen LogP contribution in [-0.2, 0) is 0 Å². The summed E-state index contributed by atoms with van der Waals surface area (Å²) in [4.78, 5) is 14.8. The number of thiazole rings is 1. The predicted molar refractivity (Wildman–Crippen MR) is 89.4 cm³/mol. The van der Waals surface area contributed by atoms with Crippen molar-refractivity contribution in [3.8, 4) is 0 Å². The van der Waals surface area contributed by atoms with Crippen molar-refractivity contribution in [3.05, 3.63) is 63.2 Å². The van der Waals surface area contributed by atoms with Gasteiger partial charge in [0.25, 0.3) is 5.69 Å². The van der Waals surface area contributed by atoms with Gasteiger partial charge in [0, 0.05) is 17.7 Å². The van der Waals surface area contributed by atoms with E-state index in [4.69, 9.17) is 0 Å². The maximum Gasteiger partial charge on any atom is 0.272 e. The van der Waals surface area contributed by atoms with Gasteiger partial charge in [-0.1, -0.05) is 23.5 Å². The summed E-state index contributed by atoms with van der Waals surface area (Å²) in [5.41, 5.74) is 1.73. The van der Waals surface area contributed by atoms with Crippen molar-refractivity contribution in [1.29, 1.82) is 0 Å². The van der Waals surface area contributed by atoms with Crippen molar-refractivity contribution >= 4 is 32.4 Å². The number of aryl methyl sites for hydroxylation is 1. The lowest BCUT2D eigenvalue weighted by Gasteiger charge is -2.13. The van der Waals surface area contributed by atoms with Crippen LogP contribution in [0.4, 0.5) is 19.6 Å². The second-order valence-corrected chi connectivity index (χ2v) is 6.45. The summed E-state index contributed by atoms with van der Waals surface area (Å²) in [5, 5.41) is 14.6. The third-order valence-corrected chi connectivity index (χ3v) is 4.65. The molecule has 0 aliphatic heterocycles. The summed E-state index contributed by atoms with van der Waals surface area (Å²) >= 11 is 1.19. The first-order valence-corrected chi connectivity index (χ1v) is 7.94. The van der Waals surface area contributed by atoms with Crippen LogP contribution in [0.1, 0.15) is 24.1 Å². The first-order chi connectivity index (χ1) is 11.3. The highest BCUT2D eigenvalue weighted by Crippen LogP contribution is 2.31. The SMILES string of the molecule is Cc1ccc(C(C)Nc2nc3cc(F)c(F)cc3s2)cc1[N+](=O)[O-]. The molecule has 1 N–H and O–H groups in total. The van der Waals surface area contributed by atoms with Crippen LogP contribution < -0.4 is 5.32 Å². The van der Waals surface area contributed by atoms with Gasteiger partial charge in [-0.3, -0.25) is 10.1 Å². The molecule has 3 aromatic rings. The minimum Gasteiger partial charge on any atom is -0.355 e. The predicted octanol–water partition coefficient (Wildman–Crippen LogP) is 4.96. The van der Waals surface area contributed by atoms with Crippen molar-refractivity contribution in [1.82, 2.24) is 4.98 Å². The lowest BCUT2D eigenvalue weighted by atomic mass is 10.1. The van der Waals surface area contributed by atoms with Crippen LogP contribution in [-0.4, -0.2) is 9.91 Å². The zero-order valence-electron chi connectivity index (χ0n) is 12.8. The van der Waals surface area contributed by atoms with Crippen molar-refractivity contribution in [3.63, 3.8) is 0 Å². The number of nitrogens with zero attached hydrogens (tertiary/aromatic N) is 2. The number of aromatic nitrogens is 1. The Morgan fingerprint density at radius 2 is 1.96 bits per heavy atom. The largest absolute Gasteiger partial charge is 0.355 e. The van der Waals surface area contributed by atoms with Crippen LogP contribution in [0.2, 0.25) is 0 Å². The molecule has 0 aliphatic rings. The molecule has 0 saturated heterocycles. The molecular formula is C16H13F2N3O2S. The third-order valence-electron chi connectivity index (χ3n) is 3.70. The Labute approximate surface area is 140 Å². The Balaban J connectivity index is 1.88. The first-order valence-electron chi connectivity index (χ1n) is 7.12. The number of nitro groups is 1. The van der Waals surface area contributed by atoms with Crippen LogP contribution in [0.15, 0.2) is 30.3 Å². The van der Waals surface area contributed by atoms with Gasteiger partial charge in [0.05, 0.1) is 21.2 Å². The highest BCUT2D eigenvalue weighted by molar-refractivity contribution is 7.22. The molecule has 0 fully saturated rings. The highest BCUT2D eigenvalue weighted by Gasteiger charge is 2.16. The first kappa shape index (κ1) is 16.3. The molecule has 0 aliphatic carbocycles. The molecule has 1 atom stereocenters. The molecule has 0 spiro atoms. The average Bonchev–Trinajstić information content (AvgIpc) is 2.88. The standard InChI is InChI=1S/C16H13F2N3O2S/c1-8-3-4-10(5-14(8)21(22)23)9(2)19-16-20-13-6-11(17)12(18)7-15(13)24-16/h3-7,9H,1-2H3,(H,19,20). The zero-order valence-corrected chi connectivity index (χ0v) is 13.7. The minimum absolute atomic E-state index is 0.0505. The molecule has 0 radical (unpaired) electrons. The molecule has 124 valence electrons. The Morgan fingerprint density at radius 1 is 1.25 bits per heavy atom. The Kier molecular flexibility index (Phi) is 4.15. The minimum atomic E-state index is -0.943. The number of fused-ring (bicyclic) bond motifs is 1. The molecule has 0 amide bonds. The second-order valence-electron chi connectivity index (χ2n) is 5.42. The number of nitrogens with one attached hydrogen (secondary N) is 1. The van der Waals surface area contributed by atoms with E-state index in [1.165, 1.54) is 17.4 Å². The van der Waals surface area contributed by atoms with E-state index in [0.717, 1.165) is 17.7 Å². The maximum atomic E-state index is 13.3. The molecule has 3 rings (SSSR count). The lowest BCUT2D eigenvalue weighted by molar-refractivity contribution is -0.385. The van der Waals surface area contributed by atoms with Gasteiger partial charge in [-0.25, -0.2) is 13.8 Å². The van der Waals surface area contributed by atoms with E-state index in [1.807, 2.05) is 6.92 Å². The highest BCUT2D eigenvalue weighted by atomic mass is 32.1. The molecule has 24 heavy (non-hydrogen) atoms. The van der Waals surface area contributed by atoms with E-state index in [9.17, 15) is 18.9 Å². The fraction of sp³-hybridized carbons (Fsp3) is 0.188. The van der Waals surface area contributed by atoms with Crippen LogP contribution >= 0.6 is 11.3 Å². The Morgan fingerprint density at radius 3 is 2.67 bits per heavy atom. The van der Waals surface area contributed by atoms with Gasteiger partial charge in [-0.15, -0.1) is 0 Å². The van der Waals surface area contributed by atoms with Gasteiger partial charge in [-0.2, -0.15) is 0 Å². The molecule has 2 aromatic carbocycles. The van der Waals surface area contributed by atoms with Crippen LogP contribution in [0.3, 0.4) is 0 Å². The van der Waals surface area contributed by atoms with E-state index < -0.39 is 16.6 Å². The number of nitro benzene ring substituents is 1. The topological polar surface area (TPSA) is 68.1 Å². The maximum absolute atomic E-state index is 13.3. The van der Waals surface area contributed by atoms with Gasteiger partial charge >= 0.3 is 0 Å². The monoisotopic (exact) mass is 349 g/mol. The normalized spacial score (nSPS) is 12.3. The molecule has 8 heteroatoms. The molecular weight excluding hydrogens is 336 g/mol. The van der Waals surface area contributed by atoms with Crippen molar-refractivity contribution in [2.75, 3.05) is 5.32 Å². The number of halogens is 2. The number of anilines is 1. The number of benzene rings is 2. The van der Waals surface area contributed by atoms with Crippen LogP contribution in [0.5, 0.6) is 0 Å². The average molecular weight is 349 g/mol. The summed E-state index contributed by atoms with van der Waals surface area (Å²) in [6.45, 7) is 3.51. The zero-order chi connectivity index (χ0) is 17.4. The summed E-state index contributed by atoms with van der Waals surface area (Å²) in [6, 6.07) is 6.91. The Hall–Kier alpha value is -2.61. The molecule has 1 heterocycles. The van der Waals surface area contributed by atoms with Crippen molar-refractivity contribution < 1.29 is 13.7 Å². The van der Waals surface area contributed by atoms with Gasteiger partial charge in [0.1, 0.15) is 0 Å². The van der Waals surface area contributed by atoms with E-state index in [2.05, 4.69) is 10.3 Å². The van der Waals surface area contributed by atoms with E-state index in [1.54, 1.807) is 19.1 Å². The fourth-order valence-corrected chi connectivity index (χ4v) is 3.31. The molecule has 5 nitrogen and oxygen atoms in total. The van der Waals surface area contributed by atoms with Gasteiger partial charge in [-0.05, 0) is 25.5 Å². The molecule has 0 bridgehead atoms. The molecule has 0 saturated carbocycles. The van der Waals surface area contributed by atoms with Gasteiger partial charge in [0.2, 0.25) is 0 Å². The quantitative estimate of drug-likeness (QED) is 0.534. The number of rotatable bonds is 4. The number of hydrogen-bond donors (Lipinski definition) is 1. The van der Waals surface area contributed by atoms with Gasteiger partial charge in [0.15, 0.2) is 16.8 Å². The summed E-state index contributed by atoms with van der Waals surface area (Å²) in [6.07, 6.45) is 0. The van der Waals surface area contributed by atoms with E-state index in [0.29, 0.717) is 20.9 Å². The van der Waals surface area contributed by atoms with E-state index >= 15 is 0 Å². The van der Waals surface area contributed by atoms with Crippen LogP contribution in [0, 0.1) is 28.7 Å². The number of hydrogen-bond acceptors (Lipinski definition) is 5. The summed E-state index contributed by atoms with van der Waals surface area (Å²) in [5.74, 6) is -1.86.